The van der Waals surface area contributed by atoms with Crippen molar-refractivity contribution in [1.29, 1.82) is 0 Å². The highest BCUT2D eigenvalue weighted by molar-refractivity contribution is 7.22. The van der Waals surface area contributed by atoms with Crippen molar-refractivity contribution in [2.24, 2.45) is 0 Å². The molecule has 0 unspecified atom stereocenters. The van der Waals surface area contributed by atoms with Gasteiger partial charge in [-0.3, -0.25) is 9.59 Å². The predicted molar refractivity (Wildman–Crippen MR) is 123 cm³/mol. The van der Waals surface area contributed by atoms with Gasteiger partial charge in [0.25, 0.3) is 5.91 Å². The Balaban J connectivity index is 1.28. The first kappa shape index (κ1) is 19.2. The number of carbonyl (C=O) groups is 2. The van der Waals surface area contributed by atoms with E-state index in [2.05, 4.69) is 28.9 Å². The van der Waals surface area contributed by atoms with Crippen LogP contribution in [0.25, 0.3) is 30.9 Å². The molecule has 4 aromatic rings. The van der Waals surface area contributed by atoms with E-state index in [1.165, 1.54) is 10.1 Å². The number of thiazole rings is 1. The molecule has 30 heavy (non-hydrogen) atoms. The van der Waals surface area contributed by atoms with Gasteiger partial charge in [-0.2, -0.15) is 0 Å². The highest BCUT2D eigenvalue weighted by Gasteiger charge is 2.19. The van der Waals surface area contributed by atoms with Crippen LogP contribution in [-0.4, -0.2) is 41.3 Å². The zero-order valence-electron chi connectivity index (χ0n) is 16.4. The van der Waals surface area contributed by atoms with Gasteiger partial charge in [-0.05, 0) is 37.1 Å². The highest BCUT2D eigenvalue weighted by atomic mass is 32.1. The molecule has 0 radical (unpaired) electrons. The third-order valence-corrected chi connectivity index (χ3v) is 7.44. The van der Waals surface area contributed by atoms with Gasteiger partial charge in [0.2, 0.25) is 5.91 Å². The Morgan fingerprint density at radius 3 is 2.93 bits per heavy atom. The lowest BCUT2D eigenvalue weighted by Crippen LogP contribution is -2.30. The molecule has 1 saturated heterocycles. The Labute approximate surface area is 182 Å². The lowest BCUT2D eigenvalue weighted by molar-refractivity contribution is -0.127. The average Bonchev–Trinajstić information content (AvgIpc) is 3.48. The number of benzene rings is 2. The molecule has 1 fully saturated rings. The standard InChI is InChI=1S/C23H21N3O2S2/c27-21-7-3-11-26(21)12-4-10-24-22(28)15-8-9-18-20(13-15)30-23(25-18)17-14-29-19-6-2-1-5-16(17)19/h1-2,5-6,8-9,13-14H,3-4,7,10-12H2,(H,24,28). The van der Waals surface area contributed by atoms with Crippen LogP contribution < -0.4 is 5.32 Å². The predicted octanol–water partition coefficient (Wildman–Crippen LogP) is 4.92. The van der Waals surface area contributed by atoms with E-state index in [-0.39, 0.29) is 11.8 Å². The van der Waals surface area contributed by atoms with E-state index in [4.69, 9.17) is 4.98 Å². The van der Waals surface area contributed by atoms with Crippen LogP contribution in [0.3, 0.4) is 0 Å². The molecule has 1 aliphatic rings. The summed E-state index contributed by atoms with van der Waals surface area (Å²) in [6.07, 6.45) is 2.38. The van der Waals surface area contributed by atoms with E-state index in [1.54, 1.807) is 22.7 Å². The van der Waals surface area contributed by atoms with Gasteiger partial charge in [-0.1, -0.05) is 18.2 Å². The van der Waals surface area contributed by atoms with E-state index < -0.39 is 0 Å². The molecule has 0 atom stereocenters. The SMILES string of the molecule is O=C(NCCCN1CCCC1=O)c1ccc2nc(-c3csc4ccccc34)sc2c1. The van der Waals surface area contributed by atoms with Crippen molar-refractivity contribution in [2.45, 2.75) is 19.3 Å². The number of amides is 2. The summed E-state index contributed by atoms with van der Waals surface area (Å²) in [5, 5.41) is 7.32. The summed E-state index contributed by atoms with van der Waals surface area (Å²) in [5.41, 5.74) is 2.71. The van der Waals surface area contributed by atoms with Gasteiger partial charge < -0.3 is 10.2 Å². The van der Waals surface area contributed by atoms with Gasteiger partial charge in [-0.15, -0.1) is 22.7 Å². The zero-order valence-corrected chi connectivity index (χ0v) is 18.0. The quantitative estimate of drug-likeness (QED) is 0.437. The Morgan fingerprint density at radius 1 is 1.17 bits per heavy atom. The first-order chi connectivity index (χ1) is 14.7. The second-order valence-corrected chi connectivity index (χ2v) is 9.38. The molecule has 3 heterocycles. The van der Waals surface area contributed by atoms with Crippen LogP contribution in [0.2, 0.25) is 0 Å². The van der Waals surface area contributed by atoms with E-state index in [0.29, 0.717) is 25.1 Å². The van der Waals surface area contributed by atoms with Crippen LogP contribution in [0.15, 0.2) is 47.8 Å². The number of likely N-dealkylation sites (tertiary alicyclic amines) is 1. The fourth-order valence-corrected chi connectivity index (χ4v) is 5.89. The van der Waals surface area contributed by atoms with Gasteiger partial charge in [-0.25, -0.2) is 4.98 Å². The van der Waals surface area contributed by atoms with Gasteiger partial charge in [0.1, 0.15) is 5.01 Å². The fraction of sp³-hybridized carbons (Fsp3) is 0.261. The second-order valence-electron chi connectivity index (χ2n) is 7.44. The number of nitrogens with one attached hydrogen (secondary N) is 1. The summed E-state index contributed by atoms with van der Waals surface area (Å²) in [4.78, 5) is 30.9. The minimum absolute atomic E-state index is 0.0828. The zero-order chi connectivity index (χ0) is 20.5. The van der Waals surface area contributed by atoms with Crippen molar-refractivity contribution in [2.75, 3.05) is 19.6 Å². The molecule has 2 amide bonds. The molecule has 1 N–H and O–H groups in total. The Bertz CT molecular complexity index is 1240. The van der Waals surface area contributed by atoms with E-state index in [9.17, 15) is 9.59 Å². The number of fused-ring (bicyclic) bond motifs is 2. The summed E-state index contributed by atoms with van der Waals surface area (Å²) < 4.78 is 2.26. The van der Waals surface area contributed by atoms with Crippen LogP contribution >= 0.6 is 22.7 Å². The maximum atomic E-state index is 12.6. The van der Waals surface area contributed by atoms with Crippen molar-refractivity contribution < 1.29 is 9.59 Å². The molecular formula is C23H21N3O2S2. The van der Waals surface area contributed by atoms with Crippen LogP contribution in [-0.2, 0) is 4.79 Å². The molecule has 0 bridgehead atoms. The molecule has 5 rings (SSSR count). The molecule has 0 aliphatic carbocycles. The normalized spacial score (nSPS) is 14.1. The van der Waals surface area contributed by atoms with E-state index >= 15 is 0 Å². The maximum absolute atomic E-state index is 12.6. The van der Waals surface area contributed by atoms with Gasteiger partial charge in [0.15, 0.2) is 0 Å². The number of thiophene rings is 1. The van der Waals surface area contributed by atoms with Crippen LogP contribution in [0, 0.1) is 0 Å². The third-order valence-electron chi connectivity index (χ3n) is 5.42. The van der Waals surface area contributed by atoms with Crippen molar-refractivity contribution in [3.63, 3.8) is 0 Å². The van der Waals surface area contributed by atoms with Crippen molar-refractivity contribution in [3.05, 3.63) is 53.4 Å². The molecule has 0 spiro atoms. The largest absolute Gasteiger partial charge is 0.352 e. The molecule has 1 aliphatic heterocycles. The maximum Gasteiger partial charge on any atom is 0.251 e. The lowest BCUT2D eigenvalue weighted by atomic mass is 10.2. The number of hydrogen-bond donors (Lipinski definition) is 1. The Morgan fingerprint density at radius 2 is 2.07 bits per heavy atom. The van der Waals surface area contributed by atoms with Gasteiger partial charge in [0, 0.05) is 52.6 Å². The summed E-state index contributed by atoms with van der Waals surface area (Å²) in [6.45, 7) is 2.12. The minimum atomic E-state index is -0.0828. The lowest BCUT2D eigenvalue weighted by Gasteiger charge is -2.15. The number of carbonyl (C=O) groups excluding carboxylic acids is 2. The smallest absolute Gasteiger partial charge is 0.251 e. The average molecular weight is 436 g/mol. The molecular weight excluding hydrogens is 414 g/mol. The van der Waals surface area contributed by atoms with Gasteiger partial charge in [0.05, 0.1) is 10.2 Å². The molecule has 2 aromatic heterocycles. The molecule has 2 aromatic carbocycles. The van der Waals surface area contributed by atoms with E-state index in [1.807, 2.05) is 29.2 Å². The minimum Gasteiger partial charge on any atom is -0.352 e. The first-order valence-electron chi connectivity index (χ1n) is 10.1. The van der Waals surface area contributed by atoms with Crippen LogP contribution in [0.5, 0.6) is 0 Å². The first-order valence-corrected chi connectivity index (χ1v) is 11.8. The Hall–Kier alpha value is -2.77. The number of aromatic nitrogens is 1. The number of rotatable bonds is 6. The summed E-state index contributed by atoms with van der Waals surface area (Å²) >= 11 is 3.34. The topological polar surface area (TPSA) is 62.3 Å². The number of nitrogens with zero attached hydrogens (tertiary/aromatic N) is 2. The summed E-state index contributed by atoms with van der Waals surface area (Å²) in [5.74, 6) is 0.145. The highest BCUT2D eigenvalue weighted by Crippen LogP contribution is 2.38. The third kappa shape index (κ3) is 3.70. The van der Waals surface area contributed by atoms with Crippen LogP contribution in [0.1, 0.15) is 29.6 Å². The number of hydrogen-bond acceptors (Lipinski definition) is 5. The summed E-state index contributed by atoms with van der Waals surface area (Å²) in [6, 6.07) is 14.0. The second kappa shape index (κ2) is 8.16. The summed E-state index contributed by atoms with van der Waals surface area (Å²) in [7, 11) is 0. The van der Waals surface area contributed by atoms with Gasteiger partial charge >= 0.3 is 0 Å². The van der Waals surface area contributed by atoms with Crippen LogP contribution in [0.4, 0.5) is 0 Å². The van der Waals surface area contributed by atoms with Crippen molar-refractivity contribution >= 4 is 54.8 Å². The van der Waals surface area contributed by atoms with Crippen molar-refractivity contribution in [1.82, 2.24) is 15.2 Å². The molecule has 0 saturated carbocycles. The Kier molecular flexibility index (Phi) is 5.23. The fourth-order valence-electron chi connectivity index (χ4n) is 3.84. The molecule has 7 heteroatoms. The monoisotopic (exact) mass is 435 g/mol. The molecule has 152 valence electrons. The van der Waals surface area contributed by atoms with E-state index in [0.717, 1.165) is 40.2 Å². The van der Waals surface area contributed by atoms with Crippen molar-refractivity contribution in [3.8, 4) is 10.6 Å². The molecule has 5 nitrogen and oxygen atoms in total.